The Bertz CT molecular complexity index is 1250. The number of aromatic amines is 1. The molecule has 0 radical (unpaired) electrons. The number of hydrogen-bond acceptors (Lipinski definition) is 5. The molecule has 2 fully saturated rings. The number of benzene rings is 2. The van der Waals surface area contributed by atoms with Gasteiger partial charge in [-0.15, -0.1) is 0 Å². The summed E-state index contributed by atoms with van der Waals surface area (Å²) in [6.07, 6.45) is 6.64. The number of carbonyl (C=O) groups is 2. The fourth-order valence-electron chi connectivity index (χ4n) is 6.24. The van der Waals surface area contributed by atoms with Crippen LogP contribution in [0.5, 0.6) is 5.75 Å². The van der Waals surface area contributed by atoms with Crippen LogP contribution in [0.3, 0.4) is 0 Å². The van der Waals surface area contributed by atoms with Gasteiger partial charge in [-0.1, -0.05) is 18.2 Å². The van der Waals surface area contributed by atoms with Crippen molar-refractivity contribution in [3.05, 3.63) is 64.8 Å². The molecule has 170 valence electrons. The first-order chi connectivity index (χ1) is 16.1. The lowest BCUT2D eigenvalue weighted by molar-refractivity contribution is -0.177. The molecule has 0 bridgehead atoms. The van der Waals surface area contributed by atoms with Crippen molar-refractivity contribution < 1.29 is 19.1 Å². The lowest BCUT2D eigenvalue weighted by Gasteiger charge is -2.56. The zero-order valence-corrected chi connectivity index (χ0v) is 18.9. The quantitative estimate of drug-likeness (QED) is 0.445. The van der Waals surface area contributed by atoms with Gasteiger partial charge >= 0.3 is 11.9 Å². The van der Waals surface area contributed by atoms with Gasteiger partial charge < -0.3 is 14.5 Å². The van der Waals surface area contributed by atoms with Crippen LogP contribution in [-0.4, -0.2) is 40.6 Å². The lowest BCUT2D eigenvalue weighted by atomic mass is 9.74. The summed E-state index contributed by atoms with van der Waals surface area (Å²) in [6, 6.07) is 12.6. The van der Waals surface area contributed by atoms with E-state index in [1.54, 1.807) is 24.3 Å². The van der Waals surface area contributed by atoms with E-state index in [1.807, 2.05) is 25.1 Å². The van der Waals surface area contributed by atoms with Crippen molar-refractivity contribution in [2.75, 3.05) is 13.1 Å². The largest absolute Gasteiger partial charge is 0.472 e. The minimum atomic E-state index is -0.639. The van der Waals surface area contributed by atoms with Crippen LogP contribution in [0.15, 0.2) is 42.5 Å². The van der Waals surface area contributed by atoms with E-state index in [2.05, 4.69) is 9.88 Å². The number of aromatic nitrogens is 1. The van der Waals surface area contributed by atoms with E-state index in [0.29, 0.717) is 22.7 Å². The van der Waals surface area contributed by atoms with Gasteiger partial charge in [0.15, 0.2) is 5.72 Å². The zero-order chi connectivity index (χ0) is 22.6. The number of nitrogens with zero attached hydrogens (tertiary/aromatic N) is 1. The Morgan fingerprint density at radius 3 is 2.73 bits per heavy atom. The van der Waals surface area contributed by atoms with Crippen LogP contribution in [0.25, 0.3) is 10.9 Å². The van der Waals surface area contributed by atoms with Gasteiger partial charge in [-0.05, 0) is 63.3 Å². The minimum absolute atomic E-state index is 0.216. The maximum atomic E-state index is 13.2. The maximum Gasteiger partial charge on any atom is 0.348 e. The number of H-pyrrole nitrogens is 1. The van der Waals surface area contributed by atoms with Crippen LogP contribution in [0.4, 0.5) is 0 Å². The zero-order valence-electron chi connectivity index (χ0n) is 18.9. The van der Waals surface area contributed by atoms with Crippen molar-refractivity contribution >= 4 is 22.8 Å². The van der Waals surface area contributed by atoms with E-state index in [0.717, 1.165) is 54.6 Å². The molecular formula is C27H28N2O4. The molecule has 33 heavy (non-hydrogen) atoms. The molecule has 1 aromatic heterocycles. The fourth-order valence-corrected chi connectivity index (χ4v) is 6.24. The molecule has 0 aliphatic carbocycles. The average molecular weight is 445 g/mol. The number of ether oxygens (including phenoxy) is 2. The highest BCUT2D eigenvalue weighted by Crippen LogP contribution is 2.50. The maximum absolute atomic E-state index is 13.2. The first-order valence-electron chi connectivity index (χ1n) is 12.0. The molecule has 3 aromatic rings. The summed E-state index contributed by atoms with van der Waals surface area (Å²) in [7, 11) is 0. The van der Waals surface area contributed by atoms with Crippen LogP contribution in [0.1, 0.15) is 64.1 Å². The first kappa shape index (κ1) is 20.5. The van der Waals surface area contributed by atoms with E-state index in [4.69, 9.17) is 9.47 Å². The molecule has 0 saturated carbocycles. The molecule has 3 aliphatic rings. The van der Waals surface area contributed by atoms with E-state index in [9.17, 15) is 9.59 Å². The normalized spacial score (nSPS) is 24.3. The molecule has 6 rings (SSSR count). The molecule has 4 heterocycles. The Morgan fingerprint density at radius 1 is 1.06 bits per heavy atom. The Hall–Kier alpha value is -3.12. The number of aryl methyl sites for hydroxylation is 1. The molecule has 6 heteroatoms. The van der Waals surface area contributed by atoms with E-state index in [-0.39, 0.29) is 5.72 Å². The molecular weight excluding hydrogens is 416 g/mol. The highest BCUT2D eigenvalue weighted by Gasteiger charge is 2.52. The predicted molar refractivity (Wildman–Crippen MR) is 124 cm³/mol. The van der Waals surface area contributed by atoms with E-state index >= 15 is 0 Å². The second kappa shape index (κ2) is 7.73. The molecule has 3 aliphatic heterocycles. The SMILES string of the molecule is Cc1[nH]c2ccc3c(c2c1C(=O)OC(=O)c1ccccc1)CC1CCCN2CCCCC12O3. The molecule has 2 saturated heterocycles. The van der Waals surface area contributed by atoms with Crippen LogP contribution in [-0.2, 0) is 11.2 Å². The van der Waals surface area contributed by atoms with Gasteiger partial charge in [-0.25, -0.2) is 9.59 Å². The van der Waals surface area contributed by atoms with Gasteiger partial charge in [0.25, 0.3) is 0 Å². The van der Waals surface area contributed by atoms with Gasteiger partial charge in [0.1, 0.15) is 5.75 Å². The predicted octanol–water partition coefficient (Wildman–Crippen LogP) is 5.00. The van der Waals surface area contributed by atoms with Crippen molar-refractivity contribution in [2.24, 2.45) is 5.92 Å². The number of nitrogens with one attached hydrogen (secondary N) is 1. The van der Waals surface area contributed by atoms with E-state index < -0.39 is 11.9 Å². The number of esters is 2. The van der Waals surface area contributed by atoms with Crippen LogP contribution in [0.2, 0.25) is 0 Å². The third-order valence-corrected chi connectivity index (χ3v) is 7.72. The standard InChI is InChI=1S/C27H28N2O4/c1-17-23(26(31)32-25(30)18-8-3-2-4-9-18)24-20-16-19-10-7-15-29-14-6-5-13-27(19,29)33-22(20)12-11-21(24)28-17/h2-4,8-9,11-12,19,28H,5-7,10,13-16H2,1H3. The number of fused-ring (bicyclic) bond motifs is 3. The number of hydrogen-bond donors (Lipinski definition) is 1. The highest BCUT2D eigenvalue weighted by atomic mass is 16.6. The van der Waals surface area contributed by atoms with Crippen molar-refractivity contribution in [1.29, 1.82) is 0 Å². The molecule has 1 N–H and O–H groups in total. The minimum Gasteiger partial charge on any atom is -0.472 e. The van der Waals surface area contributed by atoms with Crippen molar-refractivity contribution in [1.82, 2.24) is 9.88 Å². The summed E-state index contributed by atoms with van der Waals surface area (Å²) >= 11 is 0. The van der Waals surface area contributed by atoms with Crippen molar-refractivity contribution in [2.45, 2.75) is 51.2 Å². The third kappa shape index (κ3) is 3.19. The Labute approximate surface area is 192 Å². The summed E-state index contributed by atoms with van der Waals surface area (Å²) in [5.74, 6) is -0.00614. The topological polar surface area (TPSA) is 71.6 Å². The summed E-state index contributed by atoms with van der Waals surface area (Å²) < 4.78 is 12.1. The molecule has 2 aromatic carbocycles. The lowest BCUT2D eigenvalue weighted by Crippen LogP contribution is -2.64. The van der Waals surface area contributed by atoms with Gasteiger partial charge in [0.05, 0.1) is 11.1 Å². The smallest absolute Gasteiger partial charge is 0.348 e. The number of carbonyl (C=O) groups excluding carboxylic acids is 2. The van der Waals surface area contributed by atoms with Gasteiger partial charge in [-0.3, -0.25) is 4.90 Å². The fraction of sp³-hybridized carbons (Fsp3) is 0.407. The van der Waals surface area contributed by atoms with Crippen LogP contribution < -0.4 is 4.74 Å². The Morgan fingerprint density at radius 2 is 1.88 bits per heavy atom. The van der Waals surface area contributed by atoms with Crippen LogP contribution in [0, 0.1) is 12.8 Å². The molecule has 2 unspecified atom stereocenters. The molecule has 6 nitrogen and oxygen atoms in total. The van der Waals surface area contributed by atoms with Crippen molar-refractivity contribution in [3.63, 3.8) is 0 Å². The monoisotopic (exact) mass is 444 g/mol. The average Bonchev–Trinajstić information content (AvgIpc) is 3.18. The summed E-state index contributed by atoms with van der Waals surface area (Å²) in [5, 5.41) is 0.832. The van der Waals surface area contributed by atoms with Crippen LogP contribution >= 0.6 is 0 Å². The second-order valence-corrected chi connectivity index (χ2v) is 9.57. The Kier molecular flexibility index (Phi) is 4.80. The molecule has 1 spiro atoms. The summed E-state index contributed by atoms with van der Waals surface area (Å²) in [6.45, 7) is 4.04. The third-order valence-electron chi connectivity index (χ3n) is 7.72. The Balaban J connectivity index is 1.40. The van der Waals surface area contributed by atoms with Gasteiger partial charge in [-0.2, -0.15) is 0 Å². The number of piperidine rings is 2. The molecule has 2 atom stereocenters. The van der Waals surface area contributed by atoms with Gasteiger partial charge in [0, 0.05) is 47.6 Å². The van der Waals surface area contributed by atoms with Gasteiger partial charge in [0.2, 0.25) is 0 Å². The first-order valence-corrected chi connectivity index (χ1v) is 12.0. The summed E-state index contributed by atoms with van der Waals surface area (Å²) in [4.78, 5) is 31.6. The molecule has 0 amide bonds. The van der Waals surface area contributed by atoms with E-state index in [1.165, 1.54) is 19.3 Å². The van der Waals surface area contributed by atoms with Crippen molar-refractivity contribution in [3.8, 4) is 5.75 Å². The second-order valence-electron chi connectivity index (χ2n) is 9.57. The number of rotatable bonds is 2. The highest BCUT2D eigenvalue weighted by molar-refractivity contribution is 6.11. The summed E-state index contributed by atoms with van der Waals surface area (Å²) in [5.41, 5.74) is 3.21.